The molecule has 0 bridgehead atoms. The van der Waals surface area contributed by atoms with E-state index in [1.807, 2.05) is 0 Å². The number of fused-ring (bicyclic) bond motifs is 2. The Labute approximate surface area is 183 Å². The molecule has 0 saturated carbocycles. The number of rotatable bonds is 0. The molecule has 0 aliphatic carbocycles. The van der Waals surface area contributed by atoms with Gasteiger partial charge in [0.2, 0.25) is 0 Å². The molecule has 0 radical (unpaired) electrons. The molecule has 0 N–H and O–H groups in total. The Hall–Kier alpha value is -0.850. The van der Waals surface area contributed by atoms with Crippen molar-refractivity contribution in [3.8, 4) is 0 Å². The Kier molecular flexibility index (Phi) is 5.32. The Bertz CT molecular complexity index is 1060. The maximum absolute atomic E-state index is 11.5. The van der Waals surface area contributed by atoms with Crippen molar-refractivity contribution in [1.82, 2.24) is 4.14 Å². The van der Waals surface area contributed by atoms with Gasteiger partial charge in [0, 0.05) is 0 Å². The predicted molar refractivity (Wildman–Crippen MR) is 79.6 cm³/mol. The summed E-state index contributed by atoms with van der Waals surface area (Å²) in [7, 11) is -6.93. The Balaban J connectivity index is 0.000000151. The normalized spacial score (nSPS) is 18.9. The number of hydrogen-bond donors (Lipinski definition) is 0. The van der Waals surface area contributed by atoms with Gasteiger partial charge in [-0.1, -0.05) is 0 Å². The van der Waals surface area contributed by atoms with Crippen LogP contribution in [0.1, 0.15) is 20.7 Å². The van der Waals surface area contributed by atoms with Gasteiger partial charge in [-0.25, -0.2) is 0 Å². The van der Waals surface area contributed by atoms with Crippen molar-refractivity contribution >= 4 is 31.9 Å². The molecule has 126 valence electrons. The second-order valence-corrected chi connectivity index (χ2v) is 17.5. The molecular weight excluding hydrogens is 757 g/mol. The minimum atomic E-state index is -3.46. The van der Waals surface area contributed by atoms with Crippen LogP contribution in [-0.2, 0) is 72.9 Å². The first-order valence-corrected chi connectivity index (χ1v) is 14.9. The molecule has 2 aromatic rings. The van der Waals surface area contributed by atoms with Crippen LogP contribution in [0.15, 0.2) is 58.3 Å². The quantitative estimate of drug-likeness (QED) is 0.364. The van der Waals surface area contributed by atoms with Crippen LogP contribution in [-0.4, -0.2) is 32.8 Å². The first-order chi connectivity index (χ1) is 12.1. The summed E-state index contributed by atoms with van der Waals surface area (Å²) >= 11 is -0.464. The van der Waals surface area contributed by atoms with Crippen molar-refractivity contribution < 1.29 is 79.3 Å². The van der Waals surface area contributed by atoms with Crippen LogP contribution in [0.25, 0.3) is 0 Å². The van der Waals surface area contributed by atoms with Gasteiger partial charge in [0.15, 0.2) is 0 Å². The fourth-order valence-corrected chi connectivity index (χ4v) is 9.51. The van der Waals surface area contributed by atoms with E-state index < -0.39 is 20.0 Å². The molecule has 0 fully saturated rings. The van der Waals surface area contributed by atoms with Crippen molar-refractivity contribution in [3.05, 3.63) is 59.7 Å². The van der Waals surface area contributed by atoms with E-state index in [0.29, 0.717) is 11.1 Å². The summed E-state index contributed by atoms with van der Waals surface area (Å²) in [5.41, 5.74) is 0.606. The molecule has 2 aromatic carbocycles. The monoisotopic (exact) mass is 768 g/mol. The summed E-state index contributed by atoms with van der Waals surface area (Å²) in [4.78, 5) is 23.1. The standard InChI is InChI=1S/2C7H5NO3S.2Hg/c2*9-7-5-3-1-2-4-6(5)12(10,11)8-7;;/h2*1-4H,(H,8,9);;/q;;2*+1/p-2. The third-order valence-electron chi connectivity index (χ3n) is 3.82. The zero-order valence-corrected chi connectivity index (χ0v) is 25.8. The molecule has 2 aliphatic rings. The molecule has 12 heteroatoms. The zero-order chi connectivity index (χ0) is 19.3. The Morgan fingerprint density at radius 1 is 0.615 bits per heavy atom. The first kappa shape index (κ1) is 19.9. The van der Waals surface area contributed by atoms with Crippen LogP contribution in [0.4, 0.5) is 0 Å². The van der Waals surface area contributed by atoms with Crippen LogP contribution in [0.3, 0.4) is 0 Å². The number of amides is 2. The number of sulfonamides is 2. The summed E-state index contributed by atoms with van der Waals surface area (Å²) in [5, 5.41) is 0. The summed E-state index contributed by atoms with van der Waals surface area (Å²) in [6.07, 6.45) is 0. The third-order valence-corrected chi connectivity index (χ3v) is 17.3. The van der Waals surface area contributed by atoms with Gasteiger partial charge in [-0.3, -0.25) is 0 Å². The van der Waals surface area contributed by atoms with E-state index in [1.54, 1.807) is 36.4 Å². The molecule has 2 heterocycles. The molecule has 0 unspecified atom stereocenters. The summed E-state index contributed by atoms with van der Waals surface area (Å²) in [6, 6.07) is 12.6. The molecule has 0 spiro atoms. The molecular formula is C14H8Hg2N2O6S2. The summed E-state index contributed by atoms with van der Waals surface area (Å²) in [6.45, 7) is 0. The fourth-order valence-electron chi connectivity index (χ4n) is 2.46. The van der Waals surface area contributed by atoms with Crippen LogP contribution in [0.5, 0.6) is 0 Å². The molecule has 8 nitrogen and oxygen atoms in total. The molecule has 4 rings (SSSR count). The summed E-state index contributed by atoms with van der Waals surface area (Å²) in [5.74, 6) is -0.752. The Morgan fingerprint density at radius 2 is 0.923 bits per heavy atom. The van der Waals surface area contributed by atoms with Crippen LogP contribution in [0, 0.1) is 0 Å². The van der Waals surface area contributed by atoms with Crippen molar-refractivity contribution in [2.24, 2.45) is 0 Å². The topological polar surface area (TPSA) is 109 Å². The van der Waals surface area contributed by atoms with Crippen molar-refractivity contribution in [2.45, 2.75) is 9.79 Å². The predicted octanol–water partition coefficient (Wildman–Crippen LogP) is 0.586. The van der Waals surface area contributed by atoms with Gasteiger partial charge in [0.05, 0.1) is 0 Å². The van der Waals surface area contributed by atoms with E-state index in [9.17, 15) is 26.4 Å². The van der Waals surface area contributed by atoms with Crippen LogP contribution >= 0.6 is 0 Å². The van der Waals surface area contributed by atoms with Gasteiger partial charge in [-0.05, 0) is 0 Å². The van der Waals surface area contributed by atoms with Gasteiger partial charge < -0.3 is 0 Å². The van der Waals surface area contributed by atoms with Crippen molar-refractivity contribution in [1.29, 1.82) is 0 Å². The van der Waals surface area contributed by atoms with E-state index >= 15 is 0 Å². The van der Waals surface area contributed by atoms with Gasteiger partial charge >= 0.3 is 185 Å². The van der Waals surface area contributed by atoms with E-state index in [0.717, 1.165) is 4.14 Å². The number of hydrogen-bond acceptors (Lipinski definition) is 6. The van der Waals surface area contributed by atoms with E-state index in [4.69, 9.17) is 0 Å². The van der Waals surface area contributed by atoms with Crippen molar-refractivity contribution in [2.75, 3.05) is 0 Å². The SMILES string of the molecule is O=C1c2ccccc2S(=O)(=O)[N]1[Hg].O=C1c2ccccc2S(=O)(=O)[N]1[Hg]. The molecule has 2 aliphatic heterocycles. The van der Waals surface area contributed by atoms with E-state index in [1.165, 1.54) is 12.1 Å². The fraction of sp³-hybridized carbons (Fsp3) is 0. The molecule has 0 saturated heterocycles. The van der Waals surface area contributed by atoms with Gasteiger partial charge in [-0.15, -0.1) is 0 Å². The third kappa shape index (κ3) is 3.04. The average molecular weight is 766 g/mol. The van der Waals surface area contributed by atoms with Gasteiger partial charge in [-0.2, -0.15) is 0 Å². The summed E-state index contributed by atoms with van der Waals surface area (Å²) < 4.78 is 48.1. The molecule has 0 atom stereocenters. The van der Waals surface area contributed by atoms with Crippen LogP contribution in [0.2, 0.25) is 0 Å². The van der Waals surface area contributed by atoms with E-state index in [-0.39, 0.29) is 74.5 Å². The van der Waals surface area contributed by atoms with Crippen LogP contribution < -0.4 is 0 Å². The second kappa shape index (κ2) is 6.95. The molecule has 26 heavy (non-hydrogen) atoms. The van der Waals surface area contributed by atoms with E-state index in [2.05, 4.69) is 0 Å². The minimum absolute atomic E-state index is 0.148. The second-order valence-electron chi connectivity index (χ2n) is 5.31. The first-order valence-electron chi connectivity index (χ1n) is 7.08. The number of carbonyl (C=O) groups excluding carboxylic acids is 2. The van der Waals surface area contributed by atoms with Gasteiger partial charge in [0.25, 0.3) is 0 Å². The number of benzene rings is 2. The van der Waals surface area contributed by atoms with Crippen molar-refractivity contribution in [3.63, 3.8) is 0 Å². The number of nitrogens with zero attached hydrogens (tertiary/aromatic N) is 2. The average Bonchev–Trinajstić information content (AvgIpc) is 2.92. The molecule has 2 amide bonds. The molecule has 0 aromatic heterocycles. The Morgan fingerprint density at radius 3 is 1.23 bits per heavy atom. The number of carbonyl (C=O) groups is 2. The van der Waals surface area contributed by atoms with Gasteiger partial charge in [0.1, 0.15) is 0 Å². The maximum atomic E-state index is 11.5. The zero-order valence-electron chi connectivity index (χ0n) is 13.2.